The molecule has 162 valence electrons. The summed E-state index contributed by atoms with van der Waals surface area (Å²) in [5.41, 5.74) is 2.54. The molecule has 0 saturated carbocycles. The van der Waals surface area contributed by atoms with E-state index >= 15 is 0 Å². The van der Waals surface area contributed by atoms with Crippen molar-refractivity contribution in [3.8, 4) is 0 Å². The SMILES string of the molecule is O=C(Nc1ccccc1)c1cccc(N2CC(C(=O)NCc3ccccc3Cl)CC2=O)c1. The first kappa shape index (κ1) is 21.6. The molecule has 1 fully saturated rings. The van der Waals surface area contributed by atoms with Gasteiger partial charge in [-0.3, -0.25) is 14.4 Å². The molecule has 4 rings (SSSR count). The molecule has 3 aromatic rings. The van der Waals surface area contributed by atoms with Crippen molar-refractivity contribution in [3.05, 3.63) is 95.0 Å². The standard InChI is InChI=1S/C25H22ClN3O3/c26-22-12-5-4-7-18(22)15-27-24(31)19-14-23(30)29(16-19)21-11-6-8-17(13-21)25(32)28-20-9-2-1-3-10-20/h1-13,19H,14-16H2,(H,27,31)(H,28,32). The second kappa shape index (κ2) is 9.66. The third-order valence-corrected chi connectivity index (χ3v) is 5.73. The molecule has 0 radical (unpaired) electrons. The second-order valence-electron chi connectivity index (χ2n) is 7.59. The highest BCUT2D eigenvalue weighted by atomic mass is 35.5. The lowest BCUT2D eigenvalue weighted by molar-refractivity contribution is -0.126. The van der Waals surface area contributed by atoms with Crippen LogP contribution in [-0.4, -0.2) is 24.3 Å². The number of rotatable bonds is 6. The number of amides is 3. The molecule has 0 bridgehead atoms. The van der Waals surface area contributed by atoms with Gasteiger partial charge in [-0.15, -0.1) is 0 Å². The lowest BCUT2D eigenvalue weighted by Gasteiger charge is -2.18. The van der Waals surface area contributed by atoms with Crippen LogP contribution in [0.4, 0.5) is 11.4 Å². The summed E-state index contributed by atoms with van der Waals surface area (Å²) in [6.07, 6.45) is 0.120. The van der Waals surface area contributed by atoms with E-state index in [1.54, 1.807) is 47.4 Å². The normalized spacial score (nSPS) is 15.5. The van der Waals surface area contributed by atoms with E-state index in [0.717, 1.165) is 5.56 Å². The largest absolute Gasteiger partial charge is 0.352 e. The average Bonchev–Trinajstić information content (AvgIpc) is 3.21. The Bertz CT molecular complexity index is 1150. The van der Waals surface area contributed by atoms with Gasteiger partial charge in [-0.2, -0.15) is 0 Å². The van der Waals surface area contributed by atoms with Gasteiger partial charge in [-0.05, 0) is 42.0 Å². The highest BCUT2D eigenvalue weighted by Gasteiger charge is 2.35. The van der Waals surface area contributed by atoms with Crippen LogP contribution < -0.4 is 15.5 Å². The summed E-state index contributed by atoms with van der Waals surface area (Å²) in [6, 6.07) is 23.3. The minimum absolute atomic E-state index is 0.120. The summed E-state index contributed by atoms with van der Waals surface area (Å²) in [5, 5.41) is 6.28. The number of nitrogens with one attached hydrogen (secondary N) is 2. The third kappa shape index (κ3) is 4.98. The molecule has 1 atom stereocenters. The summed E-state index contributed by atoms with van der Waals surface area (Å²) in [5.74, 6) is -1.08. The van der Waals surface area contributed by atoms with Crippen LogP contribution in [0.1, 0.15) is 22.3 Å². The molecule has 6 nitrogen and oxygen atoms in total. The molecule has 1 heterocycles. The Morgan fingerprint density at radius 3 is 2.50 bits per heavy atom. The van der Waals surface area contributed by atoms with E-state index in [1.165, 1.54) is 0 Å². The van der Waals surface area contributed by atoms with E-state index in [9.17, 15) is 14.4 Å². The Balaban J connectivity index is 1.40. The van der Waals surface area contributed by atoms with Crippen LogP contribution in [0.5, 0.6) is 0 Å². The maximum atomic E-state index is 12.6. The molecule has 1 unspecified atom stereocenters. The Morgan fingerprint density at radius 1 is 0.969 bits per heavy atom. The Morgan fingerprint density at radius 2 is 1.72 bits per heavy atom. The summed E-state index contributed by atoms with van der Waals surface area (Å²) >= 11 is 6.14. The molecule has 2 N–H and O–H groups in total. The number of hydrogen-bond donors (Lipinski definition) is 2. The van der Waals surface area contributed by atoms with Gasteiger partial charge in [0, 0.05) is 41.5 Å². The fraction of sp³-hybridized carbons (Fsp3) is 0.160. The average molecular weight is 448 g/mol. The molecule has 1 aliphatic rings. The van der Waals surface area contributed by atoms with Crippen molar-refractivity contribution in [1.82, 2.24) is 5.32 Å². The highest BCUT2D eigenvalue weighted by molar-refractivity contribution is 6.31. The van der Waals surface area contributed by atoms with E-state index in [1.807, 2.05) is 36.4 Å². The van der Waals surface area contributed by atoms with E-state index < -0.39 is 5.92 Å². The van der Waals surface area contributed by atoms with Gasteiger partial charge >= 0.3 is 0 Å². The molecule has 1 saturated heterocycles. The van der Waals surface area contributed by atoms with Gasteiger partial charge in [0.1, 0.15) is 0 Å². The van der Waals surface area contributed by atoms with Crippen molar-refractivity contribution in [1.29, 1.82) is 0 Å². The molecule has 3 aromatic carbocycles. The van der Waals surface area contributed by atoms with E-state index in [0.29, 0.717) is 28.5 Å². The fourth-order valence-corrected chi connectivity index (χ4v) is 3.84. The quantitative estimate of drug-likeness (QED) is 0.592. The lowest BCUT2D eigenvalue weighted by Crippen LogP contribution is -2.32. The van der Waals surface area contributed by atoms with E-state index in [4.69, 9.17) is 11.6 Å². The zero-order chi connectivity index (χ0) is 22.5. The molecule has 0 aromatic heterocycles. The smallest absolute Gasteiger partial charge is 0.255 e. The van der Waals surface area contributed by atoms with Gasteiger partial charge in [0.25, 0.3) is 5.91 Å². The summed E-state index contributed by atoms with van der Waals surface area (Å²) in [6.45, 7) is 0.565. The second-order valence-corrected chi connectivity index (χ2v) is 7.99. The van der Waals surface area contributed by atoms with Crippen LogP contribution in [0, 0.1) is 5.92 Å². The Kier molecular flexibility index (Phi) is 6.52. The maximum absolute atomic E-state index is 12.6. The first-order valence-electron chi connectivity index (χ1n) is 10.3. The van der Waals surface area contributed by atoms with Crippen molar-refractivity contribution in [2.45, 2.75) is 13.0 Å². The Hall–Kier alpha value is -3.64. The molecule has 3 amide bonds. The predicted molar refractivity (Wildman–Crippen MR) is 125 cm³/mol. The number of carbonyl (C=O) groups is 3. The first-order valence-corrected chi connectivity index (χ1v) is 10.7. The van der Waals surface area contributed by atoms with Crippen LogP contribution in [0.25, 0.3) is 0 Å². The number of hydrogen-bond acceptors (Lipinski definition) is 3. The maximum Gasteiger partial charge on any atom is 0.255 e. The zero-order valence-corrected chi connectivity index (χ0v) is 18.0. The first-order chi connectivity index (χ1) is 15.5. The van der Waals surface area contributed by atoms with Crippen LogP contribution in [0.2, 0.25) is 5.02 Å². The van der Waals surface area contributed by atoms with Gasteiger partial charge < -0.3 is 15.5 Å². The van der Waals surface area contributed by atoms with Crippen molar-refractivity contribution in [3.63, 3.8) is 0 Å². The number of carbonyl (C=O) groups excluding carboxylic acids is 3. The lowest BCUT2D eigenvalue weighted by atomic mass is 10.1. The monoisotopic (exact) mass is 447 g/mol. The molecule has 7 heteroatoms. The van der Waals surface area contributed by atoms with Crippen LogP contribution in [0.3, 0.4) is 0 Å². The van der Waals surface area contributed by atoms with Crippen LogP contribution in [-0.2, 0) is 16.1 Å². The van der Waals surface area contributed by atoms with Crippen molar-refractivity contribution >= 4 is 40.7 Å². The Labute approximate surface area is 191 Å². The van der Waals surface area contributed by atoms with Gasteiger partial charge in [0.05, 0.1) is 5.92 Å². The summed E-state index contributed by atoms with van der Waals surface area (Å²) in [4.78, 5) is 39.4. The minimum Gasteiger partial charge on any atom is -0.352 e. The van der Waals surface area contributed by atoms with Gasteiger partial charge in [-0.1, -0.05) is 54.1 Å². The fourth-order valence-electron chi connectivity index (χ4n) is 3.64. The number of anilines is 2. The molecule has 1 aliphatic heterocycles. The van der Waals surface area contributed by atoms with Gasteiger partial charge in [-0.25, -0.2) is 0 Å². The van der Waals surface area contributed by atoms with Crippen molar-refractivity contribution < 1.29 is 14.4 Å². The van der Waals surface area contributed by atoms with Crippen LogP contribution >= 0.6 is 11.6 Å². The van der Waals surface area contributed by atoms with E-state index in [2.05, 4.69) is 10.6 Å². The molecular weight excluding hydrogens is 426 g/mol. The third-order valence-electron chi connectivity index (χ3n) is 5.36. The topological polar surface area (TPSA) is 78.5 Å². The highest BCUT2D eigenvalue weighted by Crippen LogP contribution is 2.26. The molecule has 32 heavy (non-hydrogen) atoms. The number of benzene rings is 3. The number of para-hydroxylation sites is 1. The summed E-state index contributed by atoms with van der Waals surface area (Å²) < 4.78 is 0. The summed E-state index contributed by atoms with van der Waals surface area (Å²) in [7, 11) is 0. The van der Waals surface area contributed by atoms with Crippen molar-refractivity contribution in [2.24, 2.45) is 5.92 Å². The minimum atomic E-state index is -0.466. The molecule has 0 aliphatic carbocycles. The van der Waals surface area contributed by atoms with Gasteiger partial charge in [0.15, 0.2) is 0 Å². The zero-order valence-electron chi connectivity index (χ0n) is 17.3. The van der Waals surface area contributed by atoms with Crippen molar-refractivity contribution in [2.75, 3.05) is 16.8 Å². The van der Waals surface area contributed by atoms with Crippen LogP contribution in [0.15, 0.2) is 78.9 Å². The van der Waals surface area contributed by atoms with Gasteiger partial charge in [0.2, 0.25) is 11.8 Å². The predicted octanol–water partition coefficient (Wildman–Crippen LogP) is 4.26. The van der Waals surface area contributed by atoms with E-state index in [-0.39, 0.29) is 30.7 Å². The molecule has 0 spiro atoms. The number of halogens is 1. The number of nitrogens with zero attached hydrogens (tertiary/aromatic N) is 1. The molecular formula is C25H22ClN3O3.